The first-order valence-electron chi connectivity index (χ1n) is 4.45. The summed E-state index contributed by atoms with van der Waals surface area (Å²) >= 11 is 0. The molecule has 0 amide bonds. The molecule has 1 aromatic rings. The molecule has 1 aromatic heterocycles. The Labute approximate surface area is 78.7 Å². The minimum Gasteiger partial charge on any atom is -0.392 e. The van der Waals surface area contributed by atoms with Crippen molar-refractivity contribution in [1.29, 1.82) is 0 Å². The highest BCUT2D eigenvalue weighted by atomic mass is 16.3. The number of aliphatic hydroxyl groups is 1. The number of hydrogen-bond donors (Lipinski definition) is 1. The highest BCUT2D eigenvalue weighted by Crippen LogP contribution is 2.12. The molecule has 3 nitrogen and oxygen atoms in total. The van der Waals surface area contributed by atoms with E-state index >= 15 is 0 Å². The van der Waals surface area contributed by atoms with E-state index in [9.17, 15) is 0 Å². The number of allylic oxidation sites excluding steroid dienone is 2. The van der Waals surface area contributed by atoms with Crippen molar-refractivity contribution in [2.24, 2.45) is 0 Å². The quantitative estimate of drug-likeness (QED) is 0.717. The van der Waals surface area contributed by atoms with E-state index in [-0.39, 0.29) is 6.61 Å². The van der Waals surface area contributed by atoms with Gasteiger partial charge in [-0.2, -0.15) is 5.10 Å². The summed E-state index contributed by atoms with van der Waals surface area (Å²) in [7, 11) is 0. The molecular formula is C10H16N2O. The number of nitrogens with zero attached hydrogens (tertiary/aromatic N) is 2. The van der Waals surface area contributed by atoms with E-state index in [4.69, 9.17) is 5.11 Å². The molecule has 0 aromatic carbocycles. The van der Waals surface area contributed by atoms with E-state index in [1.165, 1.54) is 0 Å². The Balaban J connectivity index is 2.96. The lowest BCUT2D eigenvalue weighted by Crippen LogP contribution is -2.00. The molecule has 13 heavy (non-hydrogen) atoms. The van der Waals surface area contributed by atoms with Crippen LogP contribution in [0.15, 0.2) is 12.2 Å². The van der Waals surface area contributed by atoms with Crippen molar-refractivity contribution in [2.45, 2.75) is 33.9 Å². The Morgan fingerprint density at radius 1 is 1.46 bits per heavy atom. The maximum Gasteiger partial charge on any atom is 0.0718 e. The van der Waals surface area contributed by atoms with Gasteiger partial charge in [0.25, 0.3) is 0 Å². The highest BCUT2D eigenvalue weighted by Gasteiger charge is 2.08. The van der Waals surface area contributed by atoms with Gasteiger partial charge in [0.1, 0.15) is 0 Å². The van der Waals surface area contributed by atoms with Crippen molar-refractivity contribution < 1.29 is 5.11 Å². The van der Waals surface area contributed by atoms with Crippen molar-refractivity contribution in [1.82, 2.24) is 9.78 Å². The lowest BCUT2D eigenvalue weighted by Gasteiger charge is -1.99. The van der Waals surface area contributed by atoms with Gasteiger partial charge in [0.15, 0.2) is 0 Å². The molecule has 0 atom stereocenters. The van der Waals surface area contributed by atoms with E-state index in [1.807, 2.05) is 37.6 Å². The minimum atomic E-state index is 0.0769. The summed E-state index contributed by atoms with van der Waals surface area (Å²) in [6.45, 7) is 6.75. The van der Waals surface area contributed by atoms with Crippen LogP contribution in [-0.2, 0) is 13.2 Å². The summed E-state index contributed by atoms with van der Waals surface area (Å²) < 4.78 is 1.90. The van der Waals surface area contributed by atoms with E-state index in [1.54, 1.807) is 0 Å². The van der Waals surface area contributed by atoms with E-state index in [0.29, 0.717) is 0 Å². The maximum atomic E-state index is 9.07. The first kappa shape index (κ1) is 9.99. The van der Waals surface area contributed by atoms with Crippen LogP contribution in [0.1, 0.15) is 23.9 Å². The molecule has 0 unspecified atom stereocenters. The zero-order valence-corrected chi connectivity index (χ0v) is 8.41. The Morgan fingerprint density at radius 3 is 2.62 bits per heavy atom. The number of aliphatic hydroxyl groups excluding tert-OH is 1. The van der Waals surface area contributed by atoms with Crippen LogP contribution in [0.3, 0.4) is 0 Å². The number of aryl methyl sites for hydroxylation is 1. The van der Waals surface area contributed by atoms with Crippen LogP contribution in [0.5, 0.6) is 0 Å². The Bertz CT molecular complexity index is 313. The van der Waals surface area contributed by atoms with E-state index < -0.39 is 0 Å². The molecule has 0 aliphatic carbocycles. The maximum absolute atomic E-state index is 9.07. The normalized spacial score (nSPS) is 11.4. The summed E-state index contributed by atoms with van der Waals surface area (Å²) in [5.74, 6) is 0. The Hall–Kier alpha value is -1.09. The molecule has 0 aliphatic rings. The second-order valence-electron chi connectivity index (χ2n) is 3.06. The predicted molar refractivity (Wildman–Crippen MR) is 52.4 cm³/mol. The van der Waals surface area contributed by atoms with Gasteiger partial charge in [-0.3, -0.25) is 4.68 Å². The van der Waals surface area contributed by atoms with Crippen LogP contribution in [0, 0.1) is 13.8 Å². The van der Waals surface area contributed by atoms with E-state index in [0.717, 1.165) is 23.5 Å². The number of rotatable bonds is 3. The zero-order valence-electron chi connectivity index (χ0n) is 8.41. The summed E-state index contributed by atoms with van der Waals surface area (Å²) in [6, 6.07) is 0. The molecule has 0 spiro atoms. The summed E-state index contributed by atoms with van der Waals surface area (Å²) in [5.41, 5.74) is 2.92. The zero-order chi connectivity index (χ0) is 9.84. The van der Waals surface area contributed by atoms with Gasteiger partial charge in [0.2, 0.25) is 0 Å². The molecule has 0 saturated heterocycles. The molecular weight excluding hydrogens is 164 g/mol. The van der Waals surface area contributed by atoms with Crippen molar-refractivity contribution in [3.63, 3.8) is 0 Å². The third-order valence-corrected chi connectivity index (χ3v) is 2.20. The molecule has 0 bridgehead atoms. The smallest absolute Gasteiger partial charge is 0.0718 e. The van der Waals surface area contributed by atoms with Crippen molar-refractivity contribution in [3.8, 4) is 0 Å². The predicted octanol–water partition coefficient (Wildman–Crippen LogP) is 1.57. The molecule has 0 fully saturated rings. The third kappa shape index (κ3) is 1.98. The monoisotopic (exact) mass is 180 g/mol. The fourth-order valence-corrected chi connectivity index (χ4v) is 1.35. The highest BCUT2D eigenvalue weighted by molar-refractivity contribution is 5.23. The van der Waals surface area contributed by atoms with Crippen LogP contribution in [0.2, 0.25) is 0 Å². The van der Waals surface area contributed by atoms with Gasteiger partial charge in [0.05, 0.1) is 18.8 Å². The first-order chi connectivity index (χ1) is 6.20. The topological polar surface area (TPSA) is 38.0 Å². The lowest BCUT2D eigenvalue weighted by atomic mass is 10.2. The molecule has 1 rings (SSSR count). The molecule has 72 valence electrons. The number of hydrogen-bond acceptors (Lipinski definition) is 2. The summed E-state index contributed by atoms with van der Waals surface area (Å²) in [4.78, 5) is 0. The van der Waals surface area contributed by atoms with Crippen LogP contribution in [0.4, 0.5) is 0 Å². The SMILES string of the molecule is C/C=C/Cn1nc(C)c(CO)c1C. The Kier molecular flexibility index (Phi) is 3.25. The second kappa shape index (κ2) is 4.23. The Morgan fingerprint density at radius 2 is 2.15 bits per heavy atom. The van der Waals surface area contributed by atoms with Gasteiger partial charge in [0, 0.05) is 11.3 Å². The van der Waals surface area contributed by atoms with Crippen LogP contribution < -0.4 is 0 Å². The molecule has 3 heteroatoms. The van der Waals surface area contributed by atoms with Crippen LogP contribution >= 0.6 is 0 Å². The van der Waals surface area contributed by atoms with Gasteiger partial charge in [-0.15, -0.1) is 0 Å². The van der Waals surface area contributed by atoms with Crippen molar-refractivity contribution >= 4 is 0 Å². The molecule has 0 saturated carbocycles. The summed E-state index contributed by atoms with van der Waals surface area (Å²) in [5, 5.41) is 13.4. The lowest BCUT2D eigenvalue weighted by molar-refractivity contribution is 0.280. The van der Waals surface area contributed by atoms with Crippen molar-refractivity contribution in [3.05, 3.63) is 29.1 Å². The van der Waals surface area contributed by atoms with Gasteiger partial charge < -0.3 is 5.11 Å². The van der Waals surface area contributed by atoms with E-state index in [2.05, 4.69) is 5.10 Å². The fourth-order valence-electron chi connectivity index (χ4n) is 1.35. The summed E-state index contributed by atoms with van der Waals surface area (Å²) in [6.07, 6.45) is 4.04. The van der Waals surface area contributed by atoms with Gasteiger partial charge in [-0.25, -0.2) is 0 Å². The third-order valence-electron chi connectivity index (χ3n) is 2.20. The second-order valence-corrected chi connectivity index (χ2v) is 3.06. The largest absolute Gasteiger partial charge is 0.392 e. The van der Waals surface area contributed by atoms with Crippen molar-refractivity contribution in [2.75, 3.05) is 0 Å². The van der Waals surface area contributed by atoms with Gasteiger partial charge in [-0.1, -0.05) is 12.2 Å². The average molecular weight is 180 g/mol. The standard InChI is InChI=1S/C10H16N2O/c1-4-5-6-12-9(3)10(7-13)8(2)11-12/h4-5,13H,6-7H2,1-3H3/b5-4+. The molecule has 0 radical (unpaired) electrons. The fraction of sp³-hybridized carbons (Fsp3) is 0.500. The average Bonchev–Trinajstić information content (AvgIpc) is 2.38. The van der Waals surface area contributed by atoms with Crippen LogP contribution in [-0.4, -0.2) is 14.9 Å². The van der Waals surface area contributed by atoms with Gasteiger partial charge in [-0.05, 0) is 20.8 Å². The number of aromatic nitrogens is 2. The molecule has 1 N–H and O–H groups in total. The molecule has 0 aliphatic heterocycles. The van der Waals surface area contributed by atoms with Gasteiger partial charge >= 0.3 is 0 Å². The molecule has 1 heterocycles. The minimum absolute atomic E-state index is 0.0769. The first-order valence-corrected chi connectivity index (χ1v) is 4.45. The van der Waals surface area contributed by atoms with Crippen LogP contribution in [0.25, 0.3) is 0 Å².